The minimum absolute atomic E-state index is 0.00892. The SMILES string of the molecule is CC(NCc1cc(F)ccc1[N+](=O)[O-])c1cccc(Br)c1. The molecule has 0 radical (unpaired) electrons. The van der Waals surface area contributed by atoms with Crippen LogP contribution in [0.2, 0.25) is 0 Å². The Balaban J connectivity index is 2.12. The number of benzene rings is 2. The second-order valence-electron chi connectivity index (χ2n) is 4.69. The highest BCUT2D eigenvalue weighted by Crippen LogP contribution is 2.22. The first kappa shape index (κ1) is 15.6. The largest absolute Gasteiger partial charge is 0.306 e. The van der Waals surface area contributed by atoms with Crippen LogP contribution in [0, 0.1) is 15.9 Å². The van der Waals surface area contributed by atoms with E-state index in [0.717, 1.165) is 16.1 Å². The van der Waals surface area contributed by atoms with Gasteiger partial charge in [0.05, 0.1) is 4.92 Å². The Morgan fingerprint density at radius 1 is 1.33 bits per heavy atom. The number of nitro groups is 1. The molecule has 0 bridgehead atoms. The molecule has 0 saturated heterocycles. The zero-order chi connectivity index (χ0) is 15.4. The maximum Gasteiger partial charge on any atom is 0.274 e. The summed E-state index contributed by atoms with van der Waals surface area (Å²) in [4.78, 5) is 10.4. The zero-order valence-electron chi connectivity index (χ0n) is 11.3. The normalized spacial score (nSPS) is 12.1. The number of hydrogen-bond donors (Lipinski definition) is 1. The van der Waals surface area contributed by atoms with Crippen LogP contribution in [0.1, 0.15) is 24.1 Å². The second kappa shape index (κ2) is 6.78. The Bertz CT molecular complexity index is 664. The van der Waals surface area contributed by atoms with Gasteiger partial charge in [-0.2, -0.15) is 0 Å². The van der Waals surface area contributed by atoms with E-state index in [4.69, 9.17) is 0 Å². The van der Waals surface area contributed by atoms with Crippen LogP contribution in [0.15, 0.2) is 46.9 Å². The van der Waals surface area contributed by atoms with Crippen molar-refractivity contribution in [3.8, 4) is 0 Å². The van der Waals surface area contributed by atoms with E-state index in [1.54, 1.807) is 0 Å². The Labute approximate surface area is 130 Å². The third-order valence-electron chi connectivity index (χ3n) is 3.19. The van der Waals surface area contributed by atoms with E-state index in [2.05, 4.69) is 21.2 Å². The van der Waals surface area contributed by atoms with Crippen molar-refractivity contribution < 1.29 is 9.31 Å². The van der Waals surface area contributed by atoms with E-state index < -0.39 is 10.7 Å². The quantitative estimate of drug-likeness (QED) is 0.642. The molecule has 0 heterocycles. The van der Waals surface area contributed by atoms with Crippen molar-refractivity contribution in [3.63, 3.8) is 0 Å². The Kier molecular flexibility index (Phi) is 5.03. The minimum Gasteiger partial charge on any atom is -0.306 e. The molecule has 1 unspecified atom stereocenters. The van der Waals surface area contributed by atoms with Crippen LogP contribution in [0.5, 0.6) is 0 Å². The summed E-state index contributed by atoms with van der Waals surface area (Å²) in [6.07, 6.45) is 0. The van der Waals surface area contributed by atoms with Crippen LogP contribution < -0.4 is 5.32 Å². The summed E-state index contributed by atoms with van der Waals surface area (Å²) in [5.41, 5.74) is 1.30. The molecule has 1 atom stereocenters. The Hall–Kier alpha value is -1.79. The van der Waals surface area contributed by atoms with Gasteiger partial charge in [-0.3, -0.25) is 10.1 Å². The van der Waals surface area contributed by atoms with Crippen molar-refractivity contribution in [1.29, 1.82) is 0 Å². The van der Waals surface area contributed by atoms with Gasteiger partial charge in [-0.05, 0) is 36.8 Å². The van der Waals surface area contributed by atoms with Gasteiger partial charge in [0.15, 0.2) is 0 Å². The van der Waals surface area contributed by atoms with Crippen molar-refractivity contribution in [1.82, 2.24) is 5.32 Å². The van der Waals surface area contributed by atoms with Crippen LogP contribution in [0.3, 0.4) is 0 Å². The van der Waals surface area contributed by atoms with Gasteiger partial charge in [-0.1, -0.05) is 28.1 Å². The summed E-state index contributed by atoms with van der Waals surface area (Å²) in [7, 11) is 0. The van der Waals surface area contributed by atoms with Crippen LogP contribution in [-0.4, -0.2) is 4.92 Å². The van der Waals surface area contributed by atoms with E-state index >= 15 is 0 Å². The zero-order valence-corrected chi connectivity index (χ0v) is 12.9. The van der Waals surface area contributed by atoms with Gasteiger partial charge < -0.3 is 5.32 Å². The van der Waals surface area contributed by atoms with Crippen LogP contribution in [0.25, 0.3) is 0 Å². The van der Waals surface area contributed by atoms with Crippen LogP contribution in [-0.2, 0) is 6.54 Å². The third-order valence-corrected chi connectivity index (χ3v) is 3.68. The topological polar surface area (TPSA) is 55.2 Å². The van der Waals surface area contributed by atoms with Crippen LogP contribution in [0.4, 0.5) is 10.1 Å². The van der Waals surface area contributed by atoms with Gasteiger partial charge in [0.25, 0.3) is 5.69 Å². The lowest BCUT2D eigenvalue weighted by Gasteiger charge is -2.14. The van der Waals surface area contributed by atoms with Gasteiger partial charge in [-0.25, -0.2) is 4.39 Å². The van der Waals surface area contributed by atoms with E-state index in [9.17, 15) is 14.5 Å². The highest BCUT2D eigenvalue weighted by molar-refractivity contribution is 9.10. The molecule has 0 fully saturated rings. The summed E-state index contributed by atoms with van der Waals surface area (Å²) in [6, 6.07) is 11.2. The fourth-order valence-electron chi connectivity index (χ4n) is 2.03. The first-order chi connectivity index (χ1) is 9.97. The highest BCUT2D eigenvalue weighted by atomic mass is 79.9. The third kappa shape index (κ3) is 4.09. The molecule has 0 aromatic heterocycles. The van der Waals surface area contributed by atoms with Gasteiger partial charge in [0.1, 0.15) is 5.82 Å². The average molecular weight is 353 g/mol. The molecule has 4 nitrogen and oxygen atoms in total. The molecule has 21 heavy (non-hydrogen) atoms. The molecule has 1 N–H and O–H groups in total. The first-order valence-corrected chi connectivity index (χ1v) is 7.18. The van der Waals surface area contributed by atoms with E-state index in [1.807, 2.05) is 31.2 Å². The highest BCUT2D eigenvalue weighted by Gasteiger charge is 2.15. The van der Waals surface area contributed by atoms with Crippen molar-refractivity contribution in [2.45, 2.75) is 19.5 Å². The molecular weight excluding hydrogens is 339 g/mol. The summed E-state index contributed by atoms with van der Waals surface area (Å²) < 4.78 is 14.2. The molecule has 0 spiro atoms. The number of nitro benzene ring substituents is 1. The van der Waals surface area contributed by atoms with Crippen molar-refractivity contribution in [3.05, 3.63) is 74.0 Å². The smallest absolute Gasteiger partial charge is 0.274 e. The predicted molar refractivity (Wildman–Crippen MR) is 82.5 cm³/mol. The van der Waals surface area contributed by atoms with Gasteiger partial charge in [-0.15, -0.1) is 0 Å². The average Bonchev–Trinajstić information content (AvgIpc) is 2.44. The number of halogens is 2. The first-order valence-electron chi connectivity index (χ1n) is 6.39. The van der Waals surface area contributed by atoms with Crippen LogP contribution >= 0.6 is 15.9 Å². The molecule has 6 heteroatoms. The number of nitrogens with zero attached hydrogens (tertiary/aromatic N) is 1. The van der Waals surface area contributed by atoms with Crippen molar-refractivity contribution in [2.75, 3.05) is 0 Å². The molecule has 110 valence electrons. The molecule has 0 aliphatic rings. The maximum absolute atomic E-state index is 13.3. The summed E-state index contributed by atoms with van der Waals surface area (Å²) in [5, 5.41) is 14.1. The summed E-state index contributed by atoms with van der Waals surface area (Å²) in [6.45, 7) is 2.18. The fraction of sp³-hybridized carbons (Fsp3) is 0.200. The Morgan fingerprint density at radius 2 is 2.10 bits per heavy atom. The van der Waals surface area contributed by atoms with Gasteiger partial charge in [0.2, 0.25) is 0 Å². The maximum atomic E-state index is 13.3. The lowest BCUT2D eigenvalue weighted by atomic mass is 10.1. The van der Waals surface area contributed by atoms with Crippen molar-refractivity contribution in [2.24, 2.45) is 0 Å². The molecule has 0 aliphatic heterocycles. The fourth-order valence-corrected chi connectivity index (χ4v) is 2.45. The summed E-state index contributed by atoms with van der Waals surface area (Å²) >= 11 is 3.40. The molecule has 2 aromatic rings. The second-order valence-corrected chi connectivity index (χ2v) is 5.60. The van der Waals surface area contributed by atoms with Gasteiger partial charge in [0, 0.05) is 28.7 Å². The molecule has 0 saturated carbocycles. The standard InChI is InChI=1S/C15H14BrFN2O2/c1-10(11-3-2-4-13(16)7-11)18-9-12-8-14(17)5-6-15(12)19(20)21/h2-8,10,18H,9H2,1H3. The molecule has 2 aromatic carbocycles. The van der Waals surface area contributed by atoms with E-state index in [0.29, 0.717) is 5.56 Å². The number of hydrogen-bond acceptors (Lipinski definition) is 3. The van der Waals surface area contributed by atoms with Crippen molar-refractivity contribution >= 4 is 21.6 Å². The van der Waals surface area contributed by atoms with Gasteiger partial charge >= 0.3 is 0 Å². The monoisotopic (exact) mass is 352 g/mol. The molecular formula is C15H14BrFN2O2. The number of nitrogens with one attached hydrogen (secondary N) is 1. The van der Waals surface area contributed by atoms with E-state index in [-0.39, 0.29) is 18.3 Å². The lowest BCUT2D eigenvalue weighted by molar-refractivity contribution is -0.385. The molecule has 0 amide bonds. The Morgan fingerprint density at radius 3 is 2.76 bits per heavy atom. The van der Waals surface area contributed by atoms with E-state index in [1.165, 1.54) is 12.1 Å². The lowest BCUT2D eigenvalue weighted by Crippen LogP contribution is -2.18. The predicted octanol–water partition coefficient (Wildman–Crippen LogP) is 4.35. The molecule has 0 aliphatic carbocycles. The minimum atomic E-state index is -0.500. The summed E-state index contributed by atoms with van der Waals surface area (Å²) in [5.74, 6) is -0.479. The number of rotatable bonds is 5. The molecule has 2 rings (SSSR count).